The van der Waals surface area contributed by atoms with Crippen LogP contribution in [0.1, 0.15) is 0 Å². The number of thiocyanates is 1. The SMILES string of the molecule is N#CS.[Na+].[Na+].[Na+].[Na+].[Na+].[Na+].[Na+].[Na+].[Na+].[Na+].[Na+].[Na+].[Na+].[Na+].[Na+].[Na+].[Na+].[Na+].[Na+].[Na+].[Na+].[Na+].[Na+].[Na+].[Na+].[Na+].[Na+].[Na+].[Na+].[Na+].[Na+].[Na+].[Na+].[Na+].[Na+].[Na+].[Na+].[Na+].[Na+].[Na+].[Na+].[Na+].[Na+].[Na+].[Na+].[Na+].[Na+].[Na+].[Na+].[Na+].[Na+].[Na+].[Na+].[Na+].[Na+].[Na+].[Na+].[Na+].[Na+].[Na+].[Na+].[Na+].[Na+].[Na+].[Na+].[Na+].[Na+].[Na+].[Na+].[Na+].[Na+].[Na+].[Na+].[Na+].[Na+].[Na+].[Na+].[Na+].[Na+].[Na+].[Na+].[Na+].[Na+].[Na+].[Na+].[Na+].[Na+].[Na+].[Na+].[Na+].[Na+].[Na+].[Na+]. The Morgan fingerprint density at radius 2 is 0.0729 bits per heavy atom. The summed E-state index contributed by atoms with van der Waals surface area (Å²) in [6.07, 6.45) is 0. The maximum absolute atomic E-state index is 7.18. The third kappa shape index (κ3) is 749. The molecule has 0 saturated heterocycles. The number of hydrogen-bond acceptors (Lipinski definition) is 2. The summed E-state index contributed by atoms with van der Waals surface area (Å²) in [5, 5.41) is 8.63. The zero-order valence-electron chi connectivity index (χ0n) is 94.4. The molecule has 0 fully saturated rings. The van der Waals surface area contributed by atoms with Gasteiger partial charge in [-0.25, -0.2) is 0 Å². The third-order valence-corrected chi connectivity index (χ3v) is 0. The zero-order chi connectivity index (χ0) is 2.71. The fourth-order valence-corrected chi connectivity index (χ4v) is 0. The van der Waals surface area contributed by atoms with Crippen LogP contribution in [0.2, 0.25) is 0 Å². The largest absolute Gasteiger partial charge is 1.00 e. The summed E-state index contributed by atoms with van der Waals surface area (Å²) in [6.45, 7) is 0. The molecule has 0 amide bonds. The molecule has 0 aliphatic rings. The van der Waals surface area contributed by atoms with Crippen LogP contribution in [0.3, 0.4) is 0 Å². The third-order valence-electron chi connectivity index (χ3n) is 0. The molecule has 1 nitrogen and oxygen atoms in total. The van der Waals surface area contributed by atoms with Crippen LogP contribution in [0, 0.1) is 10.7 Å². The van der Waals surface area contributed by atoms with Crippen molar-refractivity contribution in [3.8, 4) is 5.40 Å². The maximum atomic E-state index is 7.18. The minimum atomic E-state index is 0. The summed E-state index contributed by atoms with van der Waals surface area (Å²) in [4.78, 5) is 0. The van der Waals surface area contributed by atoms with E-state index in [4.69, 9.17) is 5.26 Å². The first kappa shape index (κ1) is 741. The molecule has 0 radical (unpaired) electrons. The summed E-state index contributed by atoms with van der Waals surface area (Å²) < 4.78 is 0. The molecular formula is CHNNa93S+93. The Hall–Kier alpha value is 92.8. The Balaban J connectivity index is -0.00000000000468. The standard InChI is InChI=1S/CHNS.93Na/c2-1-3;;;;;;;;;;;;;;;;;;;;;;;;;;;;;;;;;;;;;;;;;;;;;;;;;;;;;;;;;;;;;;;;;;;;;;;;;;;;;;;;;;;;;;;;;;;;;/h3H;;;;;;;;;;;;;;;;;;;;;;;;;;;;;;;;;;;;;;;;;;;;;;;;;;;;;;;;;;;;;;;;;;;;;;;;;;;;;;;;;;;;;;;;;;;;;/q;93*+1. The minimum absolute atomic E-state index is 0. The zero-order valence-corrected chi connectivity index (χ0v) is 281. The second kappa shape index (κ2) is 745. The molecule has 0 N–H and O–H groups in total. The van der Waals surface area contributed by atoms with Gasteiger partial charge in [-0.1, -0.05) is 12.6 Å². The predicted octanol–water partition coefficient (Wildman–Crippen LogP) is -278. The topological polar surface area (TPSA) is 23.8 Å². The molecule has 0 aromatic carbocycles. The average molecular weight is 2200 g/mol. The Kier molecular flexibility index (Phi) is 5750. The van der Waals surface area contributed by atoms with Crippen LogP contribution < -0.4 is 2750 Å². The van der Waals surface area contributed by atoms with Crippen molar-refractivity contribution < 1.29 is 2750 Å². The van der Waals surface area contributed by atoms with Crippen molar-refractivity contribution in [1.82, 2.24) is 0 Å². The van der Waals surface area contributed by atoms with Crippen molar-refractivity contribution in [2.24, 2.45) is 0 Å². The van der Waals surface area contributed by atoms with E-state index in [1.54, 1.807) is 0 Å². The van der Waals surface area contributed by atoms with Gasteiger partial charge in [0.1, 0.15) is 5.40 Å². The molecule has 0 spiro atoms. The number of rotatable bonds is 0. The van der Waals surface area contributed by atoms with E-state index < -0.39 is 0 Å². The van der Waals surface area contributed by atoms with E-state index in [2.05, 4.69) is 12.6 Å². The van der Waals surface area contributed by atoms with Crippen LogP contribution in [0.25, 0.3) is 0 Å². The van der Waals surface area contributed by atoms with Gasteiger partial charge in [0.15, 0.2) is 0 Å². The average Bonchev–Trinajstić information content (AvgIpc) is 0.918. The van der Waals surface area contributed by atoms with E-state index in [0.29, 0.717) is 0 Å². The van der Waals surface area contributed by atoms with E-state index in [1.165, 1.54) is 5.40 Å². The van der Waals surface area contributed by atoms with Crippen molar-refractivity contribution in [1.29, 1.82) is 5.26 Å². The Morgan fingerprint density at radius 3 is 0.0729 bits per heavy atom. The van der Waals surface area contributed by atoms with Crippen LogP contribution in [0.5, 0.6) is 0 Å². The Bertz CT molecular complexity index is 45.5. The summed E-state index contributed by atoms with van der Waals surface area (Å²) in [6, 6.07) is 0. The normalized spacial score (nSPS) is 0.0833. The first-order chi connectivity index (χ1) is 1.41. The second-order valence-electron chi connectivity index (χ2n) is 0.100. The number of hydrogen-bond donors (Lipinski definition) is 1. The van der Waals surface area contributed by atoms with E-state index in [9.17, 15) is 0 Å². The van der Waals surface area contributed by atoms with E-state index >= 15 is 0 Å². The van der Waals surface area contributed by atoms with Crippen molar-refractivity contribution in [3.05, 3.63) is 0 Å². The van der Waals surface area contributed by atoms with Gasteiger partial charge >= 0.3 is 2750 Å². The van der Waals surface area contributed by atoms with Crippen LogP contribution in [0.4, 0.5) is 0 Å². The number of nitrogens with zero attached hydrogens (tertiary/aromatic N) is 1. The van der Waals surface area contributed by atoms with Gasteiger partial charge in [-0.2, -0.15) is 5.26 Å². The quantitative estimate of drug-likeness (QED) is 0.146. The maximum Gasteiger partial charge on any atom is 1.00 e. The molecule has 0 atom stereocenters. The summed E-state index contributed by atoms with van der Waals surface area (Å²) in [7, 11) is 0. The van der Waals surface area contributed by atoms with Crippen LogP contribution in [0.15, 0.2) is 0 Å². The minimum Gasteiger partial charge on any atom is -0.185 e. The van der Waals surface area contributed by atoms with Gasteiger partial charge in [-0.15, -0.1) is 0 Å². The molecule has 0 aromatic heterocycles. The molecule has 0 aromatic rings. The molecule has 0 saturated carbocycles. The first-order valence-corrected chi connectivity index (χ1v) is 0.894. The van der Waals surface area contributed by atoms with Crippen molar-refractivity contribution in [3.63, 3.8) is 0 Å². The fourth-order valence-electron chi connectivity index (χ4n) is 0. The van der Waals surface area contributed by atoms with Crippen LogP contribution >= 0.6 is 12.6 Å². The number of thiol groups is 1. The number of nitriles is 1. The van der Waals surface area contributed by atoms with Gasteiger partial charge in [0.2, 0.25) is 0 Å². The molecule has 96 heavy (non-hydrogen) atoms. The van der Waals surface area contributed by atoms with Crippen molar-refractivity contribution in [2.45, 2.75) is 0 Å². The Morgan fingerprint density at radius 1 is 0.0729 bits per heavy atom. The van der Waals surface area contributed by atoms with E-state index in [0.717, 1.165) is 0 Å². The van der Waals surface area contributed by atoms with Gasteiger partial charge in [-0.05, 0) is 0 Å². The van der Waals surface area contributed by atoms with Gasteiger partial charge in [0, 0.05) is 0 Å². The first-order valence-electron chi connectivity index (χ1n) is 0.447. The molecule has 0 aliphatic heterocycles. The fraction of sp³-hybridized carbons (Fsp3) is 0. The predicted molar refractivity (Wildman–Crippen MR) is 14.6 cm³/mol. The van der Waals surface area contributed by atoms with E-state index in [1.807, 2.05) is 0 Å². The molecule has 0 unspecified atom stereocenters. The smallest absolute Gasteiger partial charge is 0.185 e. The summed E-state index contributed by atoms with van der Waals surface area (Å²) in [5.74, 6) is 0. The summed E-state index contributed by atoms with van der Waals surface area (Å²) >= 11 is 3.09. The van der Waals surface area contributed by atoms with E-state index in [-0.39, 0.29) is 2750 Å². The monoisotopic (exact) mass is 2200 g/mol. The van der Waals surface area contributed by atoms with Crippen LogP contribution in [-0.4, -0.2) is 0 Å². The van der Waals surface area contributed by atoms with Crippen molar-refractivity contribution in [2.75, 3.05) is 0 Å². The van der Waals surface area contributed by atoms with Crippen LogP contribution in [-0.2, 0) is 0 Å². The molecule has 0 bridgehead atoms. The second-order valence-corrected chi connectivity index (χ2v) is 0.300. The molecular weight excluding hydrogens is 2200 g/mol. The molecule has 0 heterocycles. The van der Waals surface area contributed by atoms with Gasteiger partial charge in [-0.3, -0.25) is 0 Å². The van der Waals surface area contributed by atoms with Gasteiger partial charge in [0.05, 0.1) is 0 Å². The van der Waals surface area contributed by atoms with Crippen molar-refractivity contribution >= 4 is 12.6 Å². The summed E-state index contributed by atoms with van der Waals surface area (Å²) in [5.41, 5.74) is 0. The van der Waals surface area contributed by atoms with Gasteiger partial charge < -0.3 is 0 Å². The molecule has 95 heteroatoms. The molecule has 16 valence electrons. The van der Waals surface area contributed by atoms with Gasteiger partial charge in [0.25, 0.3) is 0 Å². The molecule has 0 aliphatic carbocycles. The Labute approximate surface area is 2670 Å². The molecule has 0 rings (SSSR count).